The van der Waals surface area contributed by atoms with E-state index in [0.29, 0.717) is 44.8 Å². The Morgan fingerprint density at radius 3 is 0.890 bits per heavy atom. The zero-order valence-corrected chi connectivity index (χ0v) is 63.0. The number of benzene rings is 17. The van der Waals surface area contributed by atoms with E-state index in [1.165, 1.54) is 0 Å². The third-order valence-electron chi connectivity index (χ3n) is 22.7. The smallest absolute Gasteiger partial charge is 0.252 e. The lowest BCUT2D eigenvalue weighted by Crippen LogP contribution is -2.61. The van der Waals surface area contributed by atoms with Gasteiger partial charge in [-0.05, 0) is 220 Å². The van der Waals surface area contributed by atoms with Crippen LogP contribution in [0.4, 0.5) is 34.1 Å². The number of fused-ring (bicyclic) bond motifs is 10. The third kappa shape index (κ3) is 11.7. The van der Waals surface area contributed by atoms with Crippen LogP contribution in [0.3, 0.4) is 0 Å². The molecule has 109 heavy (non-hydrogen) atoms. The van der Waals surface area contributed by atoms with Crippen LogP contribution >= 0.6 is 0 Å². The standard InChI is InChI=1S/C106H85BN2/c1-104(2,3)80-62-89(74-50-46-72(47-51-74)68-30-14-10-15-31-68)102(90(63-80)75-52-48-73(49-53-75)69-32-16-11-17-33-69)108-97-56-54-76(70-34-18-12-19-35-70)60-95(97)107-96-61-77(71-36-20-13-21-37-71)55-57-98(96)109(100-67-82(106(7,8)9)66-99(108)101(100)107)103-93(91-58-78-38-22-24-40-83(78)85-42-26-28-44-87(85)91)64-81(105(4,5)6)65-94(103)92-59-79-39-23-25-41-84(79)86-43-27-29-45-88(86)92/h10-67H,1-9H3/i54D,55D,56D,57D,60D,61D. The molecular weight excluding hydrogens is 1310 g/mol. The van der Waals surface area contributed by atoms with Crippen molar-refractivity contribution in [2.24, 2.45) is 0 Å². The fourth-order valence-corrected chi connectivity index (χ4v) is 16.9. The van der Waals surface area contributed by atoms with Gasteiger partial charge in [-0.3, -0.25) is 0 Å². The van der Waals surface area contributed by atoms with Gasteiger partial charge in [0.15, 0.2) is 0 Å². The van der Waals surface area contributed by atoms with Gasteiger partial charge in [-0.1, -0.05) is 353 Å². The second kappa shape index (κ2) is 26.1. The van der Waals surface area contributed by atoms with E-state index in [0.717, 1.165) is 143 Å². The number of rotatable bonds is 10. The van der Waals surface area contributed by atoms with E-state index < -0.39 is 23.0 Å². The minimum absolute atomic E-state index is 0.0323. The minimum atomic E-state index is -1.07. The molecule has 2 nitrogen and oxygen atoms in total. The summed E-state index contributed by atoms with van der Waals surface area (Å²) in [4.78, 5) is 4.57. The van der Waals surface area contributed by atoms with Crippen LogP contribution in [0.5, 0.6) is 0 Å². The van der Waals surface area contributed by atoms with E-state index >= 15 is 0 Å². The molecule has 2 heterocycles. The average Bonchev–Trinajstić information content (AvgIpc) is 0.670. The molecule has 2 aliphatic rings. The van der Waals surface area contributed by atoms with Crippen molar-refractivity contribution in [3.63, 3.8) is 0 Å². The van der Waals surface area contributed by atoms with Gasteiger partial charge >= 0.3 is 0 Å². The Kier molecular flexibility index (Phi) is 14.5. The van der Waals surface area contributed by atoms with E-state index in [1.807, 2.05) is 72.8 Å². The lowest BCUT2D eigenvalue weighted by atomic mass is 9.33. The Morgan fingerprint density at radius 2 is 0.523 bits per heavy atom. The zero-order valence-electron chi connectivity index (χ0n) is 69.0. The molecule has 0 aliphatic carbocycles. The summed E-state index contributed by atoms with van der Waals surface area (Å²) in [5, 5.41) is 8.58. The molecule has 0 amide bonds. The largest absolute Gasteiger partial charge is 0.310 e. The number of hydrogen-bond acceptors (Lipinski definition) is 2. The summed E-state index contributed by atoms with van der Waals surface area (Å²) in [6.07, 6.45) is 0. The lowest BCUT2D eigenvalue weighted by Gasteiger charge is -2.47. The summed E-state index contributed by atoms with van der Waals surface area (Å²) in [5.74, 6) is 0. The highest BCUT2D eigenvalue weighted by Gasteiger charge is 2.47. The Labute approximate surface area is 650 Å². The van der Waals surface area contributed by atoms with Crippen LogP contribution in [0, 0.1) is 0 Å². The normalized spacial score (nSPS) is 13.5. The van der Waals surface area contributed by atoms with Gasteiger partial charge in [0.1, 0.15) is 0 Å². The van der Waals surface area contributed by atoms with Gasteiger partial charge in [0.25, 0.3) is 6.71 Å². The van der Waals surface area contributed by atoms with E-state index in [9.17, 15) is 8.22 Å². The van der Waals surface area contributed by atoms with Crippen molar-refractivity contribution in [1.29, 1.82) is 0 Å². The first kappa shape index (κ1) is 60.6. The Balaban J connectivity index is 1.05. The van der Waals surface area contributed by atoms with E-state index in [4.69, 9.17) is 0 Å². The molecule has 0 saturated carbocycles. The third-order valence-corrected chi connectivity index (χ3v) is 22.7. The molecule has 0 bridgehead atoms. The first-order chi connectivity index (χ1) is 55.5. The van der Waals surface area contributed by atoms with Crippen molar-refractivity contribution >= 4 is 100 Å². The highest BCUT2D eigenvalue weighted by atomic mass is 15.2. The maximum absolute atomic E-state index is 11.6. The average molecular weight is 1400 g/mol. The van der Waals surface area contributed by atoms with Gasteiger partial charge in [0.05, 0.1) is 19.6 Å². The topological polar surface area (TPSA) is 6.48 Å². The molecule has 0 N–H and O–H groups in total. The van der Waals surface area contributed by atoms with E-state index in [1.54, 1.807) is 0 Å². The lowest BCUT2D eigenvalue weighted by molar-refractivity contribution is 0.590. The van der Waals surface area contributed by atoms with Crippen molar-refractivity contribution in [2.75, 3.05) is 9.80 Å². The van der Waals surface area contributed by atoms with Gasteiger partial charge < -0.3 is 9.80 Å². The molecule has 17 aromatic rings. The highest BCUT2D eigenvalue weighted by molar-refractivity contribution is 7.00. The van der Waals surface area contributed by atoms with Gasteiger partial charge in [-0.15, -0.1) is 0 Å². The van der Waals surface area contributed by atoms with E-state index in [2.05, 4.69) is 315 Å². The SMILES string of the molecule is [2H]c1c([2H])c2c(c([2H])c1-c1ccccc1)B1c3c(cc(C(C)(C)C)cc3N(c3c(-c4cc5ccccc5c5ccccc45)cc(C(C)(C)C)cc3-c3cc4ccccc4c4ccccc34)c3c([2H])c([2H])c(-c4ccccc4)c([2H])c31)N2c1c(-c2ccc(-c3ccccc3)cc2)cc(C(C)(C)C)cc1-c1ccc(-c2ccccc2)cc1. The van der Waals surface area contributed by atoms with Crippen LogP contribution in [0.15, 0.2) is 352 Å². The number of anilines is 6. The molecule has 19 rings (SSSR count). The van der Waals surface area contributed by atoms with Crippen LogP contribution in [-0.4, -0.2) is 6.71 Å². The van der Waals surface area contributed by atoms with Crippen molar-refractivity contribution in [2.45, 2.75) is 78.6 Å². The fraction of sp³-hybridized carbons (Fsp3) is 0.113. The van der Waals surface area contributed by atoms with Crippen molar-refractivity contribution in [1.82, 2.24) is 0 Å². The summed E-state index contributed by atoms with van der Waals surface area (Å²) >= 11 is 0. The predicted molar refractivity (Wildman–Crippen MR) is 470 cm³/mol. The summed E-state index contributed by atoms with van der Waals surface area (Å²) in [6, 6.07) is 111. The molecule has 0 saturated heterocycles. The second-order valence-electron chi connectivity index (χ2n) is 32.6. The summed E-state index contributed by atoms with van der Waals surface area (Å²) in [5.41, 5.74) is 20.2. The Hall–Kier alpha value is -12.6. The molecular formula is C106H85BN2. The van der Waals surface area contributed by atoms with Gasteiger partial charge in [-0.25, -0.2) is 0 Å². The van der Waals surface area contributed by atoms with Gasteiger partial charge in [-0.2, -0.15) is 0 Å². The van der Waals surface area contributed by atoms with E-state index in [-0.39, 0.29) is 47.4 Å². The van der Waals surface area contributed by atoms with Crippen LogP contribution in [-0.2, 0) is 16.2 Å². The van der Waals surface area contributed by atoms with Crippen LogP contribution in [0.2, 0.25) is 0 Å². The summed E-state index contributed by atoms with van der Waals surface area (Å²) in [6.45, 7) is 19.3. The molecule has 2 aliphatic heterocycles. The summed E-state index contributed by atoms with van der Waals surface area (Å²) in [7, 11) is 0. The number of nitrogens with zero attached hydrogens (tertiary/aromatic N) is 2. The fourth-order valence-electron chi connectivity index (χ4n) is 16.9. The quantitative estimate of drug-likeness (QED) is 0.0995. The first-order valence-electron chi connectivity index (χ1n) is 41.2. The molecule has 0 fully saturated rings. The minimum Gasteiger partial charge on any atom is -0.310 e. The molecule has 0 spiro atoms. The van der Waals surface area contributed by atoms with Gasteiger partial charge in [0.2, 0.25) is 0 Å². The molecule has 3 heteroatoms. The molecule has 0 atom stereocenters. The predicted octanol–water partition coefficient (Wildman–Crippen LogP) is 27.6. The van der Waals surface area contributed by atoms with Crippen LogP contribution < -0.4 is 26.2 Å². The monoisotopic (exact) mass is 1400 g/mol. The Bertz CT molecular complexity index is 6580. The van der Waals surface area contributed by atoms with Crippen molar-refractivity contribution in [3.8, 4) is 89.0 Å². The molecule has 17 aromatic carbocycles. The summed E-state index contributed by atoms with van der Waals surface area (Å²) < 4.78 is 67.5. The zero-order chi connectivity index (χ0) is 79.3. The maximum Gasteiger partial charge on any atom is 0.252 e. The first-order valence-corrected chi connectivity index (χ1v) is 38.2. The van der Waals surface area contributed by atoms with Crippen molar-refractivity contribution < 1.29 is 8.22 Å². The molecule has 0 radical (unpaired) electrons. The van der Waals surface area contributed by atoms with Crippen LogP contribution in [0.25, 0.3) is 132 Å². The molecule has 0 unspecified atom stereocenters. The Morgan fingerprint density at radius 1 is 0.239 bits per heavy atom. The highest BCUT2D eigenvalue weighted by Crippen LogP contribution is 2.57. The molecule has 0 aromatic heterocycles. The maximum atomic E-state index is 11.6. The molecule has 522 valence electrons. The second-order valence-corrected chi connectivity index (χ2v) is 32.6. The van der Waals surface area contributed by atoms with Crippen molar-refractivity contribution in [3.05, 3.63) is 368 Å². The number of hydrogen-bond donors (Lipinski definition) is 0. The van der Waals surface area contributed by atoms with Crippen LogP contribution in [0.1, 0.15) is 87.2 Å². The van der Waals surface area contributed by atoms with Gasteiger partial charge in [0, 0.05) is 45.0 Å².